The number of amides is 2. The maximum absolute atomic E-state index is 11.8. The Hall–Kier alpha value is -3.26. The Morgan fingerprint density at radius 1 is 1.14 bits per heavy atom. The smallest absolute Gasteiger partial charge is 0.334 e. The number of rotatable bonds is 6. The Morgan fingerprint density at radius 2 is 1.86 bits per heavy atom. The second-order valence-corrected chi connectivity index (χ2v) is 7.82. The standard InChI is InChI=1S/C21H19N3O4S/c1-13-2-7-16-17(12-13)29-21(23-16)14-3-5-15(6-4-14)22-11-10-20(27)28-24-18(25)8-9-19(24)26/h2-7,12,22H,8-11H2,1H3. The molecular formula is C21H19N3O4S. The molecule has 0 atom stereocenters. The molecule has 1 saturated heterocycles. The first-order valence-corrected chi connectivity index (χ1v) is 10.1. The third-order valence-electron chi connectivity index (χ3n) is 4.53. The summed E-state index contributed by atoms with van der Waals surface area (Å²) in [5.41, 5.74) is 4.09. The largest absolute Gasteiger partial charge is 0.384 e. The zero-order valence-electron chi connectivity index (χ0n) is 15.8. The molecule has 1 N–H and O–H groups in total. The summed E-state index contributed by atoms with van der Waals surface area (Å²) in [6.07, 6.45) is 0.214. The number of hydroxylamine groups is 2. The van der Waals surface area contributed by atoms with Gasteiger partial charge >= 0.3 is 5.97 Å². The number of hydrogen-bond donors (Lipinski definition) is 1. The molecule has 148 valence electrons. The summed E-state index contributed by atoms with van der Waals surface area (Å²) in [7, 11) is 0. The summed E-state index contributed by atoms with van der Waals surface area (Å²) < 4.78 is 1.16. The lowest BCUT2D eigenvalue weighted by atomic mass is 10.2. The maximum Gasteiger partial charge on any atom is 0.334 e. The van der Waals surface area contributed by atoms with E-state index in [2.05, 4.69) is 29.4 Å². The van der Waals surface area contributed by atoms with Crippen LogP contribution in [0.15, 0.2) is 42.5 Å². The number of benzene rings is 2. The van der Waals surface area contributed by atoms with Gasteiger partial charge in [0.05, 0.1) is 16.6 Å². The van der Waals surface area contributed by atoms with E-state index in [1.54, 1.807) is 11.3 Å². The molecule has 7 nitrogen and oxygen atoms in total. The summed E-state index contributed by atoms with van der Waals surface area (Å²) in [6, 6.07) is 14.0. The second kappa shape index (κ2) is 8.00. The number of anilines is 1. The molecule has 0 aliphatic carbocycles. The highest BCUT2D eigenvalue weighted by Gasteiger charge is 2.32. The van der Waals surface area contributed by atoms with Crippen LogP contribution in [0.4, 0.5) is 5.69 Å². The van der Waals surface area contributed by atoms with Crippen LogP contribution >= 0.6 is 11.3 Å². The van der Waals surface area contributed by atoms with Crippen LogP contribution in [-0.2, 0) is 19.2 Å². The van der Waals surface area contributed by atoms with Crippen LogP contribution in [0, 0.1) is 6.92 Å². The molecule has 1 fully saturated rings. The Bertz CT molecular complexity index is 1080. The summed E-state index contributed by atoms with van der Waals surface area (Å²) in [5, 5.41) is 4.65. The topological polar surface area (TPSA) is 88.6 Å². The van der Waals surface area contributed by atoms with Crippen molar-refractivity contribution in [3.63, 3.8) is 0 Å². The van der Waals surface area contributed by atoms with Gasteiger partial charge in [0.25, 0.3) is 11.8 Å². The maximum atomic E-state index is 11.8. The molecule has 1 aliphatic rings. The van der Waals surface area contributed by atoms with E-state index in [4.69, 9.17) is 4.84 Å². The van der Waals surface area contributed by atoms with Crippen molar-refractivity contribution in [2.75, 3.05) is 11.9 Å². The number of imide groups is 1. The lowest BCUT2D eigenvalue weighted by molar-refractivity contribution is -0.197. The molecule has 1 aliphatic heterocycles. The number of aromatic nitrogens is 1. The zero-order chi connectivity index (χ0) is 20.4. The van der Waals surface area contributed by atoms with E-state index >= 15 is 0 Å². The van der Waals surface area contributed by atoms with Crippen molar-refractivity contribution < 1.29 is 19.2 Å². The predicted octanol–water partition coefficient (Wildman–Crippen LogP) is 3.68. The first-order valence-electron chi connectivity index (χ1n) is 9.28. The highest BCUT2D eigenvalue weighted by molar-refractivity contribution is 7.21. The lowest BCUT2D eigenvalue weighted by Gasteiger charge is -2.13. The number of thiazole rings is 1. The van der Waals surface area contributed by atoms with Gasteiger partial charge in [-0.05, 0) is 48.9 Å². The highest BCUT2D eigenvalue weighted by Crippen LogP contribution is 2.31. The molecule has 0 unspecified atom stereocenters. The van der Waals surface area contributed by atoms with Gasteiger partial charge < -0.3 is 10.2 Å². The van der Waals surface area contributed by atoms with Gasteiger partial charge in [0.1, 0.15) is 5.01 Å². The average Bonchev–Trinajstić information content (AvgIpc) is 3.26. The molecule has 2 heterocycles. The van der Waals surface area contributed by atoms with Crippen LogP contribution in [0.25, 0.3) is 20.8 Å². The van der Waals surface area contributed by atoms with Crippen molar-refractivity contribution in [2.45, 2.75) is 26.2 Å². The third-order valence-corrected chi connectivity index (χ3v) is 5.60. The van der Waals surface area contributed by atoms with Crippen LogP contribution in [-0.4, -0.2) is 34.4 Å². The Balaban J connectivity index is 1.31. The monoisotopic (exact) mass is 409 g/mol. The summed E-state index contributed by atoms with van der Waals surface area (Å²) in [4.78, 5) is 44.2. The first kappa shape index (κ1) is 19.1. The molecule has 2 amide bonds. The van der Waals surface area contributed by atoms with Crippen LogP contribution in [0.2, 0.25) is 0 Å². The van der Waals surface area contributed by atoms with Gasteiger partial charge in [0.2, 0.25) is 0 Å². The van der Waals surface area contributed by atoms with Crippen molar-refractivity contribution in [3.8, 4) is 10.6 Å². The zero-order valence-corrected chi connectivity index (χ0v) is 16.6. The van der Waals surface area contributed by atoms with E-state index in [1.807, 2.05) is 30.3 Å². The van der Waals surface area contributed by atoms with Crippen molar-refractivity contribution in [1.82, 2.24) is 10.0 Å². The van der Waals surface area contributed by atoms with Crippen molar-refractivity contribution in [1.29, 1.82) is 0 Å². The van der Waals surface area contributed by atoms with Gasteiger partial charge in [0.15, 0.2) is 0 Å². The quantitative estimate of drug-likeness (QED) is 0.625. The fourth-order valence-electron chi connectivity index (χ4n) is 3.00. The number of carbonyl (C=O) groups is 3. The molecule has 0 saturated carbocycles. The number of nitrogens with zero attached hydrogens (tertiary/aromatic N) is 2. The molecule has 0 spiro atoms. The van der Waals surface area contributed by atoms with E-state index in [1.165, 1.54) is 5.56 Å². The summed E-state index contributed by atoms with van der Waals surface area (Å²) in [5.74, 6) is -1.57. The number of nitrogens with one attached hydrogen (secondary N) is 1. The highest BCUT2D eigenvalue weighted by atomic mass is 32.1. The number of fused-ring (bicyclic) bond motifs is 1. The van der Waals surface area contributed by atoms with Crippen LogP contribution < -0.4 is 5.32 Å². The SMILES string of the molecule is Cc1ccc2nc(-c3ccc(NCCC(=O)ON4C(=O)CCC4=O)cc3)sc2c1. The molecule has 0 radical (unpaired) electrons. The van der Waals surface area contributed by atoms with Crippen LogP contribution in [0.1, 0.15) is 24.8 Å². The molecule has 1 aromatic heterocycles. The van der Waals surface area contributed by atoms with E-state index in [0.717, 1.165) is 26.5 Å². The Kier molecular flexibility index (Phi) is 5.26. The minimum atomic E-state index is -0.623. The van der Waals surface area contributed by atoms with E-state index in [-0.39, 0.29) is 19.3 Å². The first-order chi connectivity index (χ1) is 14.0. The van der Waals surface area contributed by atoms with E-state index in [9.17, 15) is 14.4 Å². The molecule has 29 heavy (non-hydrogen) atoms. The van der Waals surface area contributed by atoms with E-state index < -0.39 is 17.8 Å². The van der Waals surface area contributed by atoms with Gasteiger partial charge in [-0.25, -0.2) is 9.78 Å². The number of aryl methyl sites for hydroxylation is 1. The second-order valence-electron chi connectivity index (χ2n) is 6.79. The van der Waals surface area contributed by atoms with Gasteiger partial charge in [-0.15, -0.1) is 16.4 Å². The van der Waals surface area contributed by atoms with Crippen molar-refractivity contribution in [2.24, 2.45) is 0 Å². The normalized spacial score (nSPS) is 13.9. The molecule has 4 rings (SSSR count). The number of carbonyl (C=O) groups excluding carboxylic acids is 3. The minimum absolute atomic E-state index is 0.0377. The van der Waals surface area contributed by atoms with Crippen LogP contribution in [0.5, 0.6) is 0 Å². The molecule has 0 bridgehead atoms. The third kappa shape index (κ3) is 4.27. The molecule has 3 aromatic rings. The van der Waals surface area contributed by atoms with Crippen molar-refractivity contribution in [3.05, 3.63) is 48.0 Å². The van der Waals surface area contributed by atoms with Gasteiger partial charge in [0, 0.05) is 30.6 Å². The molecule has 2 aromatic carbocycles. The lowest BCUT2D eigenvalue weighted by Crippen LogP contribution is -2.32. The summed E-state index contributed by atoms with van der Waals surface area (Å²) in [6.45, 7) is 2.39. The minimum Gasteiger partial charge on any atom is -0.384 e. The predicted molar refractivity (Wildman–Crippen MR) is 110 cm³/mol. The fourth-order valence-corrected chi connectivity index (χ4v) is 4.07. The van der Waals surface area contributed by atoms with Crippen LogP contribution in [0.3, 0.4) is 0 Å². The van der Waals surface area contributed by atoms with Gasteiger partial charge in [-0.2, -0.15) is 0 Å². The fraction of sp³-hybridized carbons (Fsp3) is 0.238. The molecular weight excluding hydrogens is 390 g/mol. The van der Waals surface area contributed by atoms with Gasteiger partial charge in [-0.3, -0.25) is 9.59 Å². The van der Waals surface area contributed by atoms with Crippen molar-refractivity contribution >= 4 is 45.0 Å². The Labute approximate surface area is 171 Å². The Morgan fingerprint density at radius 3 is 2.59 bits per heavy atom. The van der Waals surface area contributed by atoms with Gasteiger partial charge in [-0.1, -0.05) is 6.07 Å². The number of hydrogen-bond acceptors (Lipinski definition) is 7. The molecule has 8 heteroatoms. The average molecular weight is 409 g/mol. The summed E-state index contributed by atoms with van der Waals surface area (Å²) >= 11 is 1.66. The van der Waals surface area contributed by atoms with E-state index in [0.29, 0.717) is 11.6 Å².